The smallest absolute Gasteiger partial charge is 0.147 e. The van der Waals surface area contributed by atoms with Crippen LogP contribution in [0.4, 0.5) is 0 Å². The van der Waals surface area contributed by atoms with E-state index in [-0.39, 0.29) is 0 Å². The third-order valence-electron chi connectivity index (χ3n) is 3.26. The van der Waals surface area contributed by atoms with Gasteiger partial charge in [0.1, 0.15) is 16.1 Å². The molecule has 0 aliphatic heterocycles. The Morgan fingerprint density at radius 2 is 2.00 bits per heavy atom. The molecule has 103 valence electrons. The van der Waals surface area contributed by atoms with Crippen LogP contribution in [0.2, 0.25) is 0 Å². The first-order valence-corrected chi connectivity index (χ1v) is 7.98. The van der Waals surface area contributed by atoms with Crippen molar-refractivity contribution in [2.75, 3.05) is 0 Å². The fourth-order valence-electron chi connectivity index (χ4n) is 1.84. The Labute approximate surface area is 119 Å². The van der Waals surface area contributed by atoms with E-state index in [2.05, 4.69) is 11.3 Å². The second-order valence-corrected chi connectivity index (χ2v) is 7.68. The molecule has 1 aliphatic rings. The minimum Gasteiger partial charge on any atom is -0.591 e. The third-order valence-corrected chi connectivity index (χ3v) is 4.59. The van der Waals surface area contributed by atoms with Crippen LogP contribution in [0.5, 0.6) is 0 Å². The molecule has 0 saturated heterocycles. The second kappa shape index (κ2) is 6.10. The number of benzene rings is 1. The molecule has 19 heavy (non-hydrogen) atoms. The quantitative estimate of drug-likeness (QED) is 0.572. The van der Waals surface area contributed by atoms with Gasteiger partial charge in [0.15, 0.2) is 0 Å². The highest BCUT2D eigenvalue weighted by Gasteiger charge is 2.28. The van der Waals surface area contributed by atoms with Crippen molar-refractivity contribution in [1.82, 2.24) is 0 Å². The highest BCUT2D eigenvalue weighted by Crippen LogP contribution is 2.34. The van der Waals surface area contributed by atoms with Gasteiger partial charge in [-0.2, -0.15) is 0 Å². The molecule has 0 aromatic heterocycles. The van der Waals surface area contributed by atoms with Gasteiger partial charge in [-0.3, -0.25) is 0 Å². The van der Waals surface area contributed by atoms with Gasteiger partial charge in [-0.05, 0) is 32.6 Å². The molecule has 0 N–H and O–H groups in total. The maximum Gasteiger partial charge on any atom is 0.147 e. The summed E-state index contributed by atoms with van der Waals surface area (Å²) in [4.78, 5) is 0. The number of nitrogens with zero attached hydrogens (tertiary/aromatic N) is 1. The first kappa shape index (κ1) is 14.6. The van der Waals surface area contributed by atoms with E-state index < -0.39 is 16.1 Å². The summed E-state index contributed by atoms with van der Waals surface area (Å²) in [6.45, 7) is 7.63. The average molecular weight is 276 g/mol. The van der Waals surface area contributed by atoms with E-state index in [1.165, 1.54) is 12.8 Å². The van der Waals surface area contributed by atoms with Crippen molar-refractivity contribution < 1.29 is 4.55 Å². The van der Waals surface area contributed by atoms with Crippen LogP contribution in [-0.2, 0) is 11.4 Å². The lowest BCUT2D eigenvalue weighted by molar-refractivity contribution is 0.572. The van der Waals surface area contributed by atoms with Crippen LogP contribution in [0.25, 0.3) is 0 Å². The van der Waals surface area contributed by atoms with Crippen LogP contribution in [0.3, 0.4) is 0 Å². The molecule has 1 aromatic carbocycles. The highest BCUT2D eigenvalue weighted by molar-refractivity contribution is 7.91. The van der Waals surface area contributed by atoms with Crippen LogP contribution >= 0.6 is 0 Å². The Bertz CT molecular complexity index is 432. The van der Waals surface area contributed by atoms with Crippen molar-refractivity contribution in [3.05, 3.63) is 42.8 Å². The van der Waals surface area contributed by atoms with Gasteiger partial charge in [-0.25, -0.2) is 0 Å². The van der Waals surface area contributed by atoms with Gasteiger partial charge in [0.05, 0.1) is 5.71 Å². The summed E-state index contributed by atoms with van der Waals surface area (Å²) in [5, 5.41) is 0. The summed E-state index contributed by atoms with van der Waals surface area (Å²) in [5.74, 6) is 0.857. The van der Waals surface area contributed by atoms with E-state index in [0.717, 1.165) is 30.0 Å². The van der Waals surface area contributed by atoms with Gasteiger partial charge in [0.2, 0.25) is 0 Å². The fraction of sp³-hybridized carbons (Fsp3) is 0.500. The van der Waals surface area contributed by atoms with Gasteiger partial charge in [-0.15, -0.1) is 0 Å². The molecule has 2 nitrogen and oxygen atoms in total. The Kier molecular flexibility index (Phi) is 4.69. The van der Waals surface area contributed by atoms with Crippen LogP contribution < -0.4 is 0 Å². The molecular formula is C16H22NOS. The SMILES string of the molecule is [CH2]C(C)(C)[S+]([O-])N=C(CCC1CC1)c1ccccc1. The maximum atomic E-state index is 12.2. The van der Waals surface area contributed by atoms with Crippen LogP contribution in [0.15, 0.2) is 34.7 Å². The number of hydrogen-bond acceptors (Lipinski definition) is 2. The molecule has 1 aromatic rings. The Morgan fingerprint density at radius 3 is 2.53 bits per heavy atom. The van der Waals surface area contributed by atoms with Gasteiger partial charge in [0, 0.05) is 12.5 Å². The maximum absolute atomic E-state index is 12.2. The van der Waals surface area contributed by atoms with Crippen LogP contribution in [-0.4, -0.2) is 15.0 Å². The van der Waals surface area contributed by atoms with E-state index in [0.29, 0.717) is 0 Å². The van der Waals surface area contributed by atoms with E-state index in [1.54, 1.807) is 0 Å². The van der Waals surface area contributed by atoms with Gasteiger partial charge in [-0.1, -0.05) is 47.6 Å². The number of hydrogen-bond donors (Lipinski definition) is 0. The standard InChI is InChI=1S/C16H22NOS/c1-16(2,3)19(18)17-15(12-11-13-9-10-13)14-7-5-4-6-8-14/h4-8,13H,1,9-12H2,2-3H3. The molecular weight excluding hydrogens is 254 g/mol. The minimum absolute atomic E-state index is 0.542. The molecule has 1 radical (unpaired) electrons. The predicted octanol–water partition coefficient (Wildman–Crippen LogP) is 3.94. The van der Waals surface area contributed by atoms with Crippen molar-refractivity contribution >= 4 is 17.1 Å². The topological polar surface area (TPSA) is 35.4 Å². The summed E-state index contributed by atoms with van der Waals surface area (Å²) in [5.41, 5.74) is 2.04. The zero-order valence-electron chi connectivity index (χ0n) is 11.8. The largest absolute Gasteiger partial charge is 0.591 e. The second-order valence-electron chi connectivity index (χ2n) is 5.89. The van der Waals surface area contributed by atoms with Crippen molar-refractivity contribution in [1.29, 1.82) is 0 Å². The molecule has 1 saturated carbocycles. The van der Waals surface area contributed by atoms with Crippen molar-refractivity contribution in [3.8, 4) is 0 Å². The van der Waals surface area contributed by atoms with Crippen LogP contribution in [0, 0.1) is 12.8 Å². The Hall–Kier alpha value is -0.800. The van der Waals surface area contributed by atoms with Gasteiger partial charge in [0.25, 0.3) is 0 Å². The van der Waals surface area contributed by atoms with Crippen LogP contribution in [0.1, 0.15) is 45.1 Å². The van der Waals surface area contributed by atoms with Gasteiger partial charge >= 0.3 is 0 Å². The van der Waals surface area contributed by atoms with E-state index in [4.69, 9.17) is 0 Å². The van der Waals surface area contributed by atoms with Crippen molar-refractivity contribution in [2.24, 2.45) is 10.3 Å². The number of rotatable bonds is 6. The molecule has 3 heteroatoms. The average Bonchev–Trinajstić information content (AvgIpc) is 3.18. The molecule has 1 atom stereocenters. The minimum atomic E-state index is -1.29. The highest BCUT2D eigenvalue weighted by atomic mass is 32.2. The van der Waals surface area contributed by atoms with Crippen molar-refractivity contribution in [3.63, 3.8) is 0 Å². The normalized spacial score (nSPS) is 18.4. The zero-order chi connectivity index (χ0) is 13.9. The summed E-state index contributed by atoms with van der Waals surface area (Å²) in [6, 6.07) is 10.1. The molecule has 0 spiro atoms. The van der Waals surface area contributed by atoms with Gasteiger partial charge < -0.3 is 4.55 Å². The third kappa shape index (κ3) is 4.66. The van der Waals surface area contributed by atoms with E-state index in [1.807, 2.05) is 44.2 Å². The lowest BCUT2D eigenvalue weighted by Gasteiger charge is -2.19. The molecule has 0 bridgehead atoms. The molecule has 1 fully saturated rings. The Balaban J connectivity index is 2.15. The zero-order valence-corrected chi connectivity index (χ0v) is 12.6. The van der Waals surface area contributed by atoms with Crippen molar-refractivity contribution in [2.45, 2.75) is 44.3 Å². The fourth-order valence-corrected chi connectivity index (χ4v) is 2.49. The Morgan fingerprint density at radius 1 is 1.37 bits per heavy atom. The molecule has 2 rings (SSSR count). The predicted molar refractivity (Wildman–Crippen MR) is 82.5 cm³/mol. The lowest BCUT2D eigenvalue weighted by Crippen LogP contribution is -2.27. The molecule has 1 aliphatic carbocycles. The molecule has 0 amide bonds. The first-order chi connectivity index (χ1) is 8.97. The lowest BCUT2D eigenvalue weighted by atomic mass is 10.0. The molecule has 1 unspecified atom stereocenters. The summed E-state index contributed by atoms with van der Waals surface area (Å²) in [7, 11) is 0. The summed E-state index contributed by atoms with van der Waals surface area (Å²) < 4.78 is 16.1. The first-order valence-electron chi connectivity index (χ1n) is 6.87. The van der Waals surface area contributed by atoms with E-state index >= 15 is 0 Å². The summed E-state index contributed by atoms with van der Waals surface area (Å²) in [6.07, 6.45) is 4.75. The molecule has 0 heterocycles. The van der Waals surface area contributed by atoms with E-state index in [9.17, 15) is 4.55 Å². The monoisotopic (exact) mass is 276 g/mol. The summed E-state index contributed by atoms with van der Waals surface area (Å²) >= 11 is -1.29.